The fourth-order valence-corrected chi connectivity index (χ4v) is 2.02. The van der Waals surface area contributed by atoms with Crippen molar-refractivity contribution < 1.29 is 18.4 Å². The molecule has 1 aromatic carbocycles. The summed E-state index contributed by atoms with van der Waals surface area (Å²) in [7, 11) is 0. The Morgan fingerprint density at radius 1 is 1.22 bits per heavy atom. The van der Waals surface area contributed by atoms with E-state index in [1.807, 2.05) is 0 Å². The highest BCUT2D eigenvalue weighted by Crippen LogP contribution is 2.10. The maximum atomic E-state index is 13.1. The SMILES string of the molecule is NC(=O)[C@@H](Cc1ccc(Cl)nc1)NC(=O)c1cc(F)cc(F)c1. The molecule has 0 unspecified atom stereocenters. The molecule has 0 aliphatic rings. The number of rotatable bonds is 5. The quantitative estimate of drug-likeness (QED) is 0.815. The van der Waals surface area contributed by atoms with Crippen molar-refractivity contribution in [1.82, 2.24) is 10.3 Å². The lowest BCUT2D eigenvalue weighted by molar-refractivity contribution is -0.119. The van der Waals surface area contributed by atoms with Crippen LogP contribution in [0.4, 0.5) is 8.78 Å². The molecule has 0 spiro atoms. The zero-order chi connectivity index (χ0) is 17.0. The lowest BCUT2D eigenvalue weighted by atomic mass is 10.1. The Morgan fingerprint density at radius 2 is 1.87 bits per heavy atom. The number of primary amides is 1. The average Bonchev–Trinajstić information content (AvgIpc) is 2.47. The Morgan fingerprint density at radius 3 is 2.39 bits per heavy atom. The number of hydrogen-bond acceptors (Lipinski definition) is 3. The Balaban J connectivity index is 2.14. The van der Waals surface area contributed by atoms with Crippen LogP contribution in [0.5, 0.6) is 0 Å². The van der Waals surface area contributed by atoms with Gasteiger partial charge in [-0.3, -0.25) is 9.59 Å². The molecule has 1 atom stereocenters. The highest BCUT2D eigenvalue weighted by Gasteiger charge is 2.20. The number of nitrogens with one attached hydrogen (secondary N) is 1. The molecular weight excluding hydrogens is 328 g/mol. The summed E-state index contributed by atoms with van der Waals surface area (Å²) in [6.45, 7) is 0. The molecular formula is C15H12ClF2N3O2. The van der Waals surface area contributed by atoms with Crippen LogP contribution < -0.4 is 11.1 Å². The molecule has 2 aromatic rings. The summed E-state index contributed by atoms with van der Waals surface area (Å²) in [5.74, 6) is -3.39. The Bertz CT molecular complexity index is 718. The van der Waals surface area contributed by atoms with Gasteiger partial charge in [-0.05, 0) is 23.8 Å². The molecule has 120 valence electrons. The van der Waals surface area contributed by atoms with Gasteiger partial charge < -0.3 is 11.1 Å². The van der Waals surface area contributed by atoms with E-state index in [1.165, 1.54) is 12.3 Å². The molecule has 2 amide bonds. The number of nitrogens with two attached hydrogens (primary N) is 1. The van der Waals surface area contributed by atoms with Gasteiger partial charge in [0.25, 0.3) is 5.91 Å². The van der Waals surface area contributed by atoms with Gasteiger partial charge in [0.2, 0.25) is 5.91 Å². The predicted octanol–water partition coefficient (Wildman–Crippen LogP) is 1.84. The van der Waals surface area contributed by atoms with E-state index in [1.54, 1.807) is 6.07 Å². The maximum absolute atomic E-state index is 13.1. The third-order valence-electron chi connectivity index (χ3n) is 3.00. The van der Waals surface area contributed by atoms with E-state index in [9.17, 15) is 18.4 Å². The molecule has 3 N–H and O–H groups in total. The third kappa shape index (κ3) is 4.72. The predicted molar refractivity (Wildman–Crippen MR) is 79.8 cm³/mol. The summed E-state index contributed by atoms with van der Waals surface area (Å²) < 4.78 is 26.3. The standard InChI is InChI=1S/C15H12ClF2N3O2/c16-13-2-1-8(7-20-13)3-12(14(19)22)21-15(23)9-4-10(17)6-11(18)5-9/h1-2,4-7,12H,3H2,(H2,19,22)(H,21,23)/t12-/m1/s1. The summed E-state index contributed by atoms with van der Waals surface area (Å²) in [5, 5.41) is 2.62. The molecule has 1 aromatic heterocycles. The fourth-order valence-electron chi connectivity index (χ4n) is 1.91. The Labute approximate surface area is 135 Å². The van der Waals surface area contributed by atoms with E-state index in [4.69, 9.17) is 17.3 Å². The van der Waals surface area contributed by atoms with E-state index in [-0.39, 0.29) is 17.1 Å². The molecule has 5 nitrogen and oxygen atoms in total. The zero-order valence-corrected chi connectivity index (χ0v) is 12.5. The second-order valence-corrected chi connectivity index (χ2v) is 5.17. The molecule has 0 saturated carbocycles. The number of nitrogens with zero attached hydrogens (tertiary/aromatic N) is 1. The monoisotopic (exact) mass is 339 g/mol. The van der Waals surface area contributed by atoms with Crippen LogP contribution in [-0.2, 0) is 11.2 Å². The van der Waals surface area contributed by atoms with E-state index in [2.05, 4.69) is 10.3 Å². The van der Waals surface area contributed by atoms with Crippen molar-refractivity contribution in [2.75, 3.05) is 0 Å². The highest BCUT2D eigenvalue weighted by molar-refractivity contribution is 6.29. The molecule has 0 bridgehead atoms. The van der Waals surface area contributed by atoms with Gasteiger partial charge in [0.1, 0.15) is 22.8 Å². The molecule has 0 fully saturated rings. The normalized spacial score (nSPS) is 11.8. The minimum Gasteiger partial charge on any atom is -0.368 e. The Hall–Kier alpha value is -2.54. The van der Waals surface area contributed by atoms with Crippen LogP contribution in [0.1, 0.15) is 15.9 Å². The van der Waals surface area contributed by atoms with Crippen LogP contribution >= 0.6 is 11.6 Å². The number of amides is 2. The minimum absolute atomic E-state index is 0.0725. The molecule has 0 aliphatic carbocycles. The van der Waals surface area contributed by atoms with Crippen LogP contribution in [0.2, 0.25) is 5.15 Å². The number of benzene rings is 1. The van der Waals surface area contributed by atoms with Gasteiger partial charge in [-0.2, -0.15) is 0 Å². The molecule has 0 saturated heterocycles. The molecule has 8 heteroatoms. The van der Waals surface area contributed by atoms with Gasteiger partial charge in [0, 0.05) is 24.2 Å². The van der Waals surface area contributed by atoms with Crippen molar-refractivity contribution >= 4 is 23.4 Å². The summed E-state index contributed by atoms with van der Waals surface area (Å²) in [6.07, 6.45) is 1.51. The first-order valence-corrected chi connectivity index (χ1v) is 6.89. The van der Waals surface area contributed by atoms with Crippen LogP contribution in [0.15, 0.2) is 36.5 Å². The number of carbonyl (C=O) groups is 2. The smallest absolute Gasteiger partial charge is 0.252 e. The molecule has 0 radical (unpaired) electrons. The van der Waals surface area contributed by atoms with Gasteiger partial charge in [-0.25, -0.2) is 13.8 Å². The van der Waals surface area contributed by atoms with Gasteiger partial charge in [0.15, 0.2) is 0 Å². The lowest BCUT2D eigenvalue weighted by Gasteiger charge is -2.15. The van der Waals surface area contributed by atoms with Crippen molar-refractivity contribution in [1.29, 1.82) is 0 Å². The molecule has 1 heterocycles. The first-order valence-electron chi connectivity index (χ1n) is 6.52. The minimum atomic E-state index is -1.06. The summed E-state index contributed by atoms with van der Waals surface area (Å²) >= 11 is 5.66. The second-order valence-electron chi connectivity index (χ2n) is 4.78. The van der Waals surface area contributed by atoms with Crippen molar-refractivity contribution in [3.8, 4) is 0 Å². The fraction of sp³-hybridized carbons (Fsp3) is 0.133. The van der Waals surface area contributed by atoms with Crippen LogP contribution in [-0.4, -0.2) is 22.8 Å². The highest BCUT2D eigenvalue weighted by atomic mass is 35.5. The molecule has 2 rings (SSSR count). The summed E-state index contributed by atoms with van der Waals surface area (Å²) in [4.78, 5) is 27.4. The van der Waals surface area contributed by atoms with E-state index in [0.29, 0.717) is 11.6 Å². The van der Waals surface area contributed by atoms with Crippen molar-refractivity contribution in [3.63, 3.8) is 0 Å². The zero-order valence-electron chi connectivity index (χ0n) is 11.7. The number of hydrogen-bond donors (Lipinski definition) is 2. The molecule has 23 heavy (non-hydrogen) atoms. The van der Waals surface area contributed by atoms with Gasteiger partial charge in [0.05, 0.1) is 0 Å². The number of halogens is 3. The summed E-state index contributed by atoms with van der Waals surface area (Å²) in [6, 6.07) is 4.46. The van der Waals surface area contributed by atoms with Gasteiger partial charge >= 0.3 is 0 Å². The second kappa shape index (κ2) is 7.15. The van der Waals surface area contributed by atoms with Crippen molar-refractivity contribution in [3.05, 3.63) is 64.4 Å². The van der Waals surface area contributed by atoms with Crippen molar-refractivity contribution in [2.45, 2.75) is 12.5 Å². The van der Waals surface area contributed by atoms with Crippen LogP contribution in [0.3, 0.4) is 0 Å². The first-order chi connectivity index (χ1) is 10.8. The summed E-state index contributed by atoms with van der Waals surface area (Å²) in [5.41, 5.74) is 5.62. The van der Waals surface area contributed by atoms with E-state index >= 15 is 0 Å². The largest absolute Gasteiger partial charge is 0.368 e. The van der Waals surface area contributed by atoms with E-state index in [0.717, 1.165) is 12.1 Å². The maximum Gasteiger partial charge on any atom is 0.252 e. The van der Waals surface area contributed by atoms with Gasteiger partial charge in [-0.15, -0.1) is 0 Å². The topological polar surface area (TPSA) is 85.1 Å². The van der Waals surface area contributed by atoms with Crippen molar-refractivity contribution in [2.24, 2.45) is 5.73 Å². The number of pyridine rings is 1. The first kappa shape index (κ1) is 16.8. The number of carbonyl (C=O) groups excluding carboxylic acids is 2. The van der Waals surface area contributed by atoms with Crippen LogP contribution in [0, 0.1) is 11.6 Å². The lowest BCUT2D eigenvalue weighted by Crippen LogP contribution is -2.45. The van der Waals surface area contributed by atoms with Gasteiger partial charge in [-0.1, -0.05) is 17.7 Å². The molecule has 0 aliphatic heterocycles. The Kier molecular flexibility index (Phi) is 5.23. The average molecular weight is 340 g/mol. The van der Waals surface area contributed by atoms with Crippen LogP contribution in [0.25, 0.3) is 0 Å². The number of aromatic nitrogens is 1. The third-order valence-corrected chi connectivity index (χ3v) is 3.23. The van der Waals surface area contributed by atoms with E-state index < -0.39 is 29.5 Å².